The number of hydrogen-bond donors (Lipinski definition) is 1. The van der Waals surface area contributed by atoms with Crippen molar-refractivity contribution in [3.05, 3.63) is 23.9 Å². The summed E-state index contributed by atoms with van der Waals surface area (Å²) in [5.41, 5.74) is 1.43. The lowest BCUT2D eigenvalue weighted by Crippen LogP contribution is -2.12. The van der Waals surface area contributed by atoms with Gasteiger partial charge in [-0.05, 0) is 43.7 Å². The van der Waals surface area contributed by atoms with Gasteiger partial charge in [0.1, 0.15) is 5.82 Å². The summed E-state index contributed by atoms with van der Waals surface area (Å²) in [5.74, 6) is 0.956. The lowest BCUT2D eigenvalue weighted by Gasteiger charge is -2.18. The highest BCUT2D eigenvalue weighted by atomic mass is 16.5. The molecule has 1 aromatic rings. The predicted octanol–water partition coefficient (Wildman–Crippen LogP) is 4.00. The van der Waals surface area contributed by atoms with Crippen molar-refractivity contribution in [1.82, 2.24) is 4.98 Å². The zero-order valence-electron chi connectivity index (χ0n) is 13.0. The molecule has 0 saturated heterocycles. The molecule has 0 bridgehead atoms. The molecule has 0 aromatic carbocycles. The van der Waals surface area contributed by atoms with Crippen molar-refractivity contribution in [2.45, 2.75) is 59.0 Å². The average Bonchev–Trinajstić information content (AvgIpc) is 2.32. The summed E-state index contributed by atoms with van der Waals surface area (Å²) in [7, 11) is 0. The highest BCUT2D eigenvalue weighted by Crippen LogP contribution is 2.21. The largest absolute Gasteiger partial charge is 0.379 e. The third-order valence-corrected chi connectivity index (χ3v) is 2.96. The van der Waals surface area contributed by atoms with Gasteiger partial charge >= 0.3 is 0 Å². The third kappa shape index (κ3) is 6.58. The van der Waals surface area contributed by atoms with Crippen LogP contribution in [-0.2, 0) is 10.2 Å². The Balaban J connectivity index is 2.23. The molecule has 0 aliphatic carbocycles. The van der Waals surface area contributed by atoms with E-state index in [0.29, 0.717) is 6.10 Å². The van der Waals surface area contributed by atoms with E-state index in [1.54, 1.807) is 0 Å². The first kappa shape index (κ1) is 16.0. The Morgan fingerprint density at radius 1 is 1.21 bits per heavy atom. The van der Waals surface area contributed by atoms with Crippen LogP contribution in [-0.4, -0.2) is 24.2 Å². The van der Waals surface area contributed by atoms with Crippen LogP contribution in [0.3, 0.4) is 0 Å². The molecular weight excluding hydrogens is 236 g/mol. The number of ether oxygens (including phenoxy) is 1. The average molecular weight is 264 g/mol. The van der Waals surface area contributed by atoms with Crippen LogP contribution < -0.4 is 5.32 Å². The van der Waals surface area contributed by atoms with Crippen LogP contribution in [0.5, 0.6) is 0 Å². The van der Waals surface area contributed by atoms with Crippen molar-refractivity contribution in [2.24, 2.45) is 0 Å². The lowest BCUT2D eigenvalue weighted by molar-refractivity contribution is 0.0765. The van der Waals surface area contributed by atoms with Crippen molar-refractivity contribution in [3.63, 3.8) is 0 Å². The fraction of sp³-hybridized carbons (Fsp3) is 0.688. The second kappa shape index (κ2) is 7.49. The summed E-state index contributed by atoms with van der Waals surface area (Å²) < 4.78 is 5.50. The van der Waals surface area contributed by atoms with Gasteiger partial charge in [0, 0.05) is 19.3 Å². The minimum absolute atomic E-state index is 0.166. The summed E-state index contributed by atoms with van der Waals surface area (Å²) in [6, 6.07) is 4.21. The first-order valence-corrected chi connectivity index (χ1v) is 7.21. The quantitative estimate of drug-likeness (QED) is 0.756. The standard InChI is InChI=1S/C16H28N2O/c1-13(2)19-11-7-6-10-17-15-9-8-14(12-18-15)16(3,4)5/h8-9,12-13H,6-7,10-11H2,1-5H3,(H,17,18). The Hall–Kier alpha value is -1.09. The number of pyridine rings is 1. The fourth-order valence-electron chi connectivity index (χ4n) is 1.70. The second-order valence-electron chi connectivity index (χ2n) is 6.24. The molecule has 1 heterocycles. The molecule has 0 aliphatic heterocycles. The van der Waals surface area contributed by atoms with Crippen molar-refractivity contribution < 1.29 is 4.74 Å². The summed E-state index contributed by atoms with van der Waals surface area (Å²) >= 11 is 0. The van der Waals surface area contributed by atoms with Crippen molar-refractivity contribution in [3.8, 4) is 0 Å². The fourth-order valence-corrected chi connectivity index (χ4v) is 1.70. The van der Waals surface area contributed by atoms with E-state index in [4.69, 9.17) is 4.74 Å². The first-order chi connectivity index (χ1) is 8.89. The number of anilines is 1. The maximum atomic E-state index is 5.50. The van der Waals surface area contributed by atoms with E-state index < -0.39 is 0 Å². The summed E-state index contributed by atoms with van der Waals surface area (Å²) in [5, 5.41) is 3.34. The van der Waals surface area contributed by atoms with Gasteiger partial charge in [-0.1, -0.05) is 26.8 Å². The van der Waals surface area contributed by atoms with Crippen LogP contribution in [0, 0.1) is 0 Å². The van der Waals surface area contributed by atoms with Gasteiger partial charge in [0.2, 0.25) is 0 Å². The molecule has 0 aliphatic rings. The summed E-state index contributed by atoms with van der Waals surface area (Å²) in [6.07, 6.45) is 4.49. The van der Waals surface area contributed by atoms with Crippen LogP contribution in [0.1, 0.15) is 53.0 Å². The zero-order valence-corrected chi connectivity index (χ0v) is 13.0. The molecule has 0 fully saturated rings. The number of aromatic nitrogens is 1. The summed E-state index contributed by atoms with van der Waals surface area (Å²) in [6.45, 7) is 12.5. The van der Waals surface area contributed by atoms with Gasteiger partial charge in [0.25, 0.3) is 0 Å². The highest BCUT2D eigenvalue weighted by Gasteiger charge is 2.13. The molecule has 1 rings (SSSR count). The van der Waals surface area contributed by atoms with E-state index in [1.807, 2.05) is 6.20 Å². The smallest absolute Gasteiger partial charge is 0.125 e. The van der Waals surface area contributed by atoms with Gasteiger partial charge in [-0.2, -0.15) is 0 Å². The van der Waals surface area contributed by atoms with Gasteiger partial charge in [-0.25, -0.2) is 4.98 Å². The molecule has 3 heteroatoms. The lowest BCUT2D eigenvalue weighted by atomic mass is 9.88. The maximum Gasteiger partial charge on any atom is 0.125 e. The molecule has 0 radical (unpaired) electrons. The SMILES string of the molecule is CC(C)OCCCCNc1ccc(C(C)(C)C)cn1. The third-order valence-electron chi connectivity index (χ3n) is 2.96. The van der Waals surface area contributed by atoms with Gasteiger partial charge in [0.15, 0.2) is 0 Å². The van der Waals surface area contributed by atoms with Crippen LogP contribution in [0.15, 0.2) is 18.3 Å². The minimum Gasteiger partial charge on any atom is -0.379 e. The van der Waals surface area contributed by atoms with Crippen LogP contribution in [0.2, 0.25) is 0 Å². The molecule has 19 heavy (non-hydrogen) atoms. The predicted molar refractivity (Wildman–Crippen MR) is 81.7 cm³/mol. The molecule has 3 nitrogen and oxygen atoms in total. The molecule has 0 atom stereocenters. The summed E-state index contributed by atoms with van der Waals surface area (Å²) in [4.78, 5) is 4.45. The second-order valence-corrected chi connectivity index (χ2v) is 6.24. The number of nitrogens with one attached hydrogen (secondary N) is 1. The van der Waals surface area contributed by atoms with Gasteiger partial charge in [0.05, 0.1) is 6.10 Å². The van der Waals surface area contributed by atoms with E-state index in [1.165, 1.54) is 5.56 Å². The monoisotopic (exact) mass is 264 g/mol. The highest BCUT2D eigenvalue weighted by molar-refractivity contribution is 5.36. The Bertz CT molecular complexity index is 352. The van der Waals surface area contributed by atoms with E-state index in [-0.39, 0.29) is 5.41 Å². The van der Waals surface area contributed by atoms with Crippen LogP contribution >= 0.6 is 0 Å². The molecule has 1 N–H and O–H groups in total. The number of hydrogen-bond acceptors (Lipinski definition) is 3. The van der Waals surface area contributed by atoms with Gasteiger partial charge in [-0.15, -0.1) is 0 Å². The molecule has 0 spiro atoms. The van der Waals surface area contributed by atoms with Gasteiger partial charge < -0.3 is 10.1 Å². The van der Waals surface area contributed by atoms with Crippen molar-refractivity contribution >= 4 is 5.82 Å². The Morgan fingerprint density at radius 3 is 2.47 bits per heavy atom. The maximum absolute atomic E-state index is 5.50. The molecular formula is C16H28N2O. The van der Waals surface area contributed by atoms with E-state index in [2.05, 4.69) is 57.1 Å². The molecule has 0 saturated carbocycles. The van der Waals surface area contributed by atoms with Gasteiger partial charge in [-0.3, -0.25) is 0 Å². The van der Waals surface area contributed by atoms with Crippen LogP contribution in [0.4, 0.5) is 5.82 Å². The van der Waals surface area contributed by atoms with Crippen molar-refractivity contribution in [1.29, 1.82) is 0 Å². The number of rotatable bonds is 7. The molecule has 0 unspecified atom stereocenters. The van der Waals surface area contributed by atoms with Crippen LogP contribution in [0.25, 0.3) is 0 Å². The molecule has 108 valence electrons. The number of nitrogens with zero attached hydrogens (tertiary/aromatic N) is 1. The molecule has 0 amide bonds. The molecule has 1 aromatic heterocycles. The van der Waals surface area contributed by atoms with E-state index >= 15 is 0 Å². The normalized spacial score (nSPS) is 11.9. The van der Waals surface area contributed by atoms with E-state index in [0.717, 1.165) is 31.8 Å². The Morgan fingerprint density at radius 2 is 1.95 bits per heavy atom. The minimum atomic E-state index is 0.166. The number of unbranched alkanes of at least 4 members (excludes halogenated alkanes) is 1. The Labute approximate surface area is 117 Å². The van der Waals surface area contributed by atoms with E-state index in [9.17, 15) is 0 Å². The zero-order chi connectivity index (χ0) is 14.3. The topological polar surface area (TPSA) is 34.1 Å². The first-order valence-electron chi connectivity index (χ1n) is 7.21. The Kier molecular flexibility index (Phi) is 6.29. The van der Waals surface area contributed by atoms with Crippen molar-refractivity contribution in [2.75, 3.05) is 18.5 Å².